The molecular formula is C22H16Cl3N3O2. The van der Waals surface area contributed by atoms with Crippen molar-refractivity contribution in [3.63, 3.8) is 0 Å². The zero-order valence-corrected chi connectivity index (χ0v) is 17.9. The molecule has 30 heavy (non-hydrogen) atoms. The summed E-state index contributed by atoms with van der Waals surface area (Å²) in [6.07, 6.45) is 0.113. The number of hydrogen-bond acceptors (Lipinski definition) is 3. The number of carbonyl (C=O) groups is 1. The van der Waals surface area contributed by atoms with Crippen molar-refractivity contribution >= 4 is 51.9 Å². The van der Waals surface area contributed by atoms with Crippen LogP contribution in [0.25, 0.3) is 22.4 Å². The summed E-state index contributed by atoms with van der Waals surface area (Å²) in [7, 11) is 0. The molecule has 0 radical (unpaired) electrons. The van der Waals surface area contributed by atoms with Crippen LogP contribution in [-0.2, 0) is 6.42 Å². The minimum atomic E-state index is -0.537. The van der Waals surface area contributed by atoms with Gasteiger partial charge in [-0.3, -0.25) is 0 Å². The normalized spacial score (nSPS) is 10.9. The highest BCUT2D eigenvalue weighted by molar-refractivity contribution is 6.39. The van der Waals surface area contributed by atoms with E-state index in [9.17, 15) is 4.79 Å². The number of aromatic nitrogens is 2. The average molecular weight is 461 g/mol. The van der Waals surface area contributed by atoms with Gasteiger partial charge in [-0.1, -0.05) is 53.0 Å². The number of amides is 1. The summed E-state index contributed by atoms with van der Waals surface area (Å²) >= 11 is 18.5. The maximum Gasteiger partial charge on any atom is 0.412 e. The topological polar surface area (TPSA) is 67.0 Å². The fourth-order valence-electron chi connectivity index (χ4n) is 3.04. The van der Waals surface area contributed by atoms with Crippen LogP contribution in [0.15, 0.2) is 60.7 Å². The van der Waals surface area contributed by atoms with Crippen LogP contribution in [0.5, 0.6) is 5.75 Å². The molecule has 0 unspecified atom stereocenters. The van der Waals surface area contributed by atoms with E-state index in [1.54, 1.807) is 36.4 Å². The van der Waals surface area contributed by atoms with E-state index in [-0.39, 0.29) is 0 Å². The highest BCUT2D eigenvalue weighted by Gasteiger charge is 2.14. The minimum absolute atomic E-state index is 0.392. The fraction of sp³-hybridized carbons (Fsp3) is 0.0909. The van der Waals surface area contributed by atoms with Crippen LogP contribution in [0.3, 0.4) is 0 Å². The van der Waals surface area contributed by atoms with Crippen LogP contribution >= 0.6 is 34.8 Å². The van der Waals surface area contributed by atoms with Crippen LogP contribution in [0.2, 0.25) is 15.1 Å². The molecule has 0 bridgehead atoms. The van der Waals surface area contributed by atoms with Crippen molar-refractivity contribution in [1.82, 2.24) is 15.3 Å². The molecule has 152 valence electrons. The first-order valence-electron chi connectivity index (χ1n) is 9.14. The quantitative estimate of drug-likeness (QED) is 0.356. The fourth-order valence-corrected chi connectivity index (χ4v) is 3.83. The van der Waals surface area contributed by atoms with Gasteiger partial charge in [0.25, 0.3) is 0 Å². The van der Waals surface area contributed by atoms with Gasteiger partial charge in [-0.15, -0.1) is 0 Å². The lowest BCUT2D eigenvalue weighted by atomic mass is 10.1. The second kappa shape index (κ2) is 8.96. The Hall–Kier alpha value is -2.73. The highest BCUT2D eigenvalue weighted by Crippen LogP contribution is 2.34. The third-order valence-electron chi connectivity index (χ3n) is 4.44. The molecule has 0 aliphatic carbocycles. The Morgan fingerprint density at radius 3 is 2.53 bits per heavy atom. The van der Waals surface area contributed by atoms with E-state index in [2.05, 4.69) is 15.3 Å². The van der Waals surface area contributed by atoms with Crippen molar-refractivity contribution in [2.24, 2.45) is 0 Å². The van der Waals surface area contributed by atoms with Crippen molar-refractivity contribution in [2.75, 3.05) is 6.54 Å². The number of fused-ring (bicyclic) bond motifs is 1. The Morgan fingerprint density at radius 1 is 1.00 bits per heavy atom. The SMILES string of the molecule is O=C(NCCc1cccc(Cl)c1)Oc1ccc2nc(-c3c(Cl)cccc3Cl)[nH]c2c1. The van der Waals surface area contributed by atoms with Crippen molar-refractivity contribution in [3.05, 3.63) is 81.3 Å². The van der Waals surface area contributed by atoms with Gasteiger partial charge in [0.05, 0.1) is 26.6 Å². The molecule has 2 N–H and O–H groups in total. The molecule has 5 nitrogen and oxygen atoms in total. The average Bonchev–Trinajstić information content (AvgIpc) is 3.10. The Balaban J connectivity index is 1.43. The maximum absolute atomic E-state index is 12.1. The summed E-state index contributed by atoms with van der Waals surface area (Å²) in [4.78, 5) is 19.8. The Labute approximate surface area is 187 Å². The summed E-state index contributed by atoms with van der Waals surface area (Å²) in [5.41, 5.74) is 3.06. The van der Waals surface area contributed by atoms with Crippen LogP contribution in [0.4, 0.5) is 4.79 Å². The molecule has 8 heteroatoms. The monoisotopic (exact) mass is 459 g/mol. The van der Waals surface area contributed by atoms with Crippen LogP contribution < -0.4 is 10.1 Å². The lowest BCUT2D eigenvalue weighted by Gasteiger charge is -2.07. The third-order valence-corrected chi connectivity index (χ3v) is 5.30. The first-order chi connectivity index (χ1) is 14.5. The molecule has 0 aliphatic heterocycles. The number of ether oxygens (including phenoxy) is 1. The molecule has 1 aromatic heterocycles. The zero-order valence-electron chi connectivity index (χ0n) is 15.6. The standard InChI is InChI=1S/C22H16Cl3N3O2/c23-14-4-1-3-13(11-14)9-10-26-22(29)30-15-7-8-18-19(12-15)28-21(27-18)20-16(24)5-2-6-17(20)25/h1-8,11-12H,9-10H2,(H,26,29)(H,27,28). The molecule has 0 atom stereocenters. The molecule has 0 aliphatic rings. The van der Waals surface area contributed by atoms with Crippen LogP contribution in [-0.4, -0.2) is 22.6 Å². The maximum atomic E-state index is 12.1. The Kier molecular flexibility index (Phi) is 6.13. The van der Waals surface area contributed by atoms with Crippen molar-refractivity contribution in [3.8, 4) is 17.1 Å². The highest BCUT2D eigenvalue weighted by atomic mass is 35.5. The number of carbonyl (C=O) groups excluding carboxylic acids is 1. The number of halogens is 3. The van der Waals surface area contributed by atoms with Gasteiger partial charge in [0.15, 0.2) is 0 Å². The number of benzene rings is 3. The van der Waals surface area contributed by atoms with Gasteiger partial charge in [-0.05, 0) is 48.4 Å². The van der Waals surface area contributed by atoms with Crippen molar-refractivity contribution in [2.45, 2.75) is 6.42 Å². The van der Waals surface area contributed by atoms with Crippen molar-refractivity contribution < 1.29 is 9.53 Å². The van der Waals surface area contributed by atoms with Crippen LogP contribution in [0, 0.1) is 0 Å². The van der Waals surface area contributed by atoms with E-state index in [1.165, 1.54) is 0 Å². The molecule has 0 saturated carbocycles. The van der Waals surface area contributed by atoms with Gasteiger partial charge in [0, 0.05) is 17.6 Å². The predicted molar refractivity (Wildman–Crippen MR) is 121 cm³/mol. The van der Waals surface area contributed by atoms with E-state index < -0.39 is 6.09 Å². The van der Waals surface area contributed by atoms with Crippen LogP contribution in [0.1, 0.15) is 5.56 Å². The van der Waals surface area contributed by atoms with E-state index in [1.807, 2.05) is 24.3 Å². The van der Waals surface area contributed by atoms with Gasteiger partial charge in [0.1, 0.15) is 11.6 Å². The van der Waals surface area contributed by atoms with Gasteiger partial charge in [0.2, 0.25) is 0 Å². The zero-order chi connectivity index (χ0) is 21.1. The number of aromatic amines is 1. The number of hydrogen-bond donors (Lipinski definition) is 2. The molecule has 1 heterocycles. The van der Waals surface area contributed by atoms with E-state index >= 15 is 0 Å². The second-order valence-corrected chi connectivity index (χ2v) is 7.81. The number of H-pyrrole nitrogens is 1. The predicted octanol–water partition coefficient (Wildman–Crippen LogP) is 6.52. The summed E-state index contributed by atoms with van der Waals surface area (Å²) in [5, 5.41) is 4.39. The number of imidazole rings is 1. The summed E-state index contributed by atoms with van der Waals surface area (Å²) in [6, 6.07) is 17.9. The summed E-state index contributed by atoms with van der Waals surface area (Å²) in [5.74, 6) is 0.937. The molecule has 0 fully saturated rings. The lowest BCUT2D eigenvalue weighted by Crippen LogP contribution is -2.28. The third kappa shape index (κ3) is 4.70. The summed E-state index contributed by atoms with van der Waals surface area (Å²) in [6.45, 7) is 0.431. The van der Waals surface area contributed by atoms with E-state index in [0.717, 1.165) is 5.56 Å². The smallest absolute Gasteiger partial charge is 0.410 e. The second-order valence-electron chi connectivity index (χ2n) is 6.56. The van der Waals surface area contributed by atoms with Gasteiger partial charge >= 0.3 is 6.09 Å². The first-order valence-corrected chi connectivity index (χ1v) is 10.3. The molecule has 3 aromatic carbocycles. The Bertz CT molecular complexity index is 1200. The molecular weight excluding hydrogens is 445 g/mol. The van der Waals surface area contributed by atoms with Gasteiger partial charge in [-0.25, -0.2) is 9.78 Å². The molecule has 1 amide bonds. The molecule has 4 aromatic rings. The molecule has 4 rings (SSSR count). The molecule has 0 saturated heterocycles. The summed E-state index contributed by atoms with van der Waals surface area (Å²) < 4.78 is 5.37. The van der Waals surface area contributed by atoms with Gasteiger partial charge < -0.3 is 15.0 Å². The van der Waals surface area contributed by atoms with Gasteiger partial charge in [-0.2, -0.15) is 0 Å². The molecule has 0 spiro atoms. The van der Waals surface area contributed by atoms with E-state index in [0.29, 0.717) is 56.2 Å². The Morgan fingerprint density at radius 2 is 1.77 bits per heavy atom. The minimum Gasteiger partial charge on any atom is -0.410 e. The van der Waals surface area contributed by atoms with E-state index in [4.69, 9.17) is 39.5 Å². The van der Waals surface area contributed by atoms with Crippen molar-refractivity contribution in [1.29, 1.82) is 0 Å². The number of nitrogens with one attached hydrogen (secondary N) is 2. The largest absolute Gasteiger partial charge is 0.412 e. The first kappa shape index (κ1) is 20.5. The lowest BCUT2D eigenvalue weighted by molar-refractivity contribution is 0.200. The number of nitrogens with zero attached hydrogens (tertiary/aromatic N) is 1. The number of rotatable bonds is 5.